The number of rotatable bonds is 5. The lowest BCUT2D eigenvalue weighted by molar-refractivity contribution is -0.341. The van der Waals surface area contributed by atoms with Crippen molar-refractivity contribution in [1.82, 2.24) is 5.32 Å². The highest BCUT2D eigenvalue weighted by Crippen LogP contribution is 2.34. The number of carbonyl (C=O) groups is 1. The molecule has 2 aliphatic heterocycles. The van der Waals surface area contributed by atoms with E-state index in [0.29, 0.717) is 0 Å². The zero-order valence-corrected chi connectivity index (χ0v) is 15.7. The van der Waals surface area contributed by atoms with Crippen LogP contribution in [-0.2, 0) is 23.7 Å². The van der Waals surface area contributed by atoms with Crippen LogP contribution in [0.5, 0.6) is 0 Å². The van der Waals surface area contributed by atoms with Gasteiger partial charge in [-0.05, 0) is 5.92 Å². The third kappa shape index (κ3) is 4.77. The van der Waals surface area contributed by atoms with Gasteiger partial charge in [0.05, 0.1) is 13.2 Å². The van der Waals surface area contributed by atoms with Gasteiger partial charge in [0.1, 0.15) is 24.4 Å². The number of aliphatic hydroxyl groups is 1. The summed E-state index contributed by atoms with van der Waals surface area (Å²) < 4.78 is 27.9. The molecule has 1 amide bonds. The van der Waals surface area contributed by atoms with E-state index < -0.39 is 43.0 Å². The minimum atomic E-state index is -1.05. The molecule has 2 saturated heterocycles. The van der Waals surface area contributed by atoms with Gasteiger partial charge in [0, 0.05) is 12.7 Å². The molecule has 1 unspecified atom stereocenters. The third-order valence-corrected chi connectivity index (χ3v) is 4.50. The van der Waals surface area contributed by atoms with E-state index in [2.05, 4.69) is 5.32 Å². The normalized spacial score (nSPS) is 33.4. The van der Waals surface area contributed by atoms with Gasteiger partial charge in [-0.2, -0.15) is 0 Å². The lowest BCUT2D eigenvalue weighted by atomic mass is 9.96. The first kappa shape index (κ1) is 20.0. The summed E-state index contributed by atoms with van der Waals surface area (Å²) in [5, 5.41) is 13.5. The minimum absolute atomic E-state index is 0.205. The number of hydrogen-bond donors (Lipinski definition) is 2. The lowest BCUT2D eigenvalue weighted by Crippen LogP contribution is -2.66. The van der Waals surface area contributed by atoms with Crippen molar-refractivity contribution in [2.24, 2.45) is 5.92 Å². The van der Waals surface area contributed by atoms with Crippen LogP contribution in [0.2, 0.25) is 0 Å². The van der Waals surface area contributed by atoms with Crippen LogP contribution in [0, 0.1) is 5.92 Å². The Morgan fingerprint density at radius 3 is 2.70 bits per heavy atom. The van der Waals surface area contributed by atoms with Gasteiger partial charge < -0.3 is 34.1 Å². The average Bonchev–Trinajstić information content (AvgIpc) is 2.68. The molecule has 0 bridgehead atoms. The molecule has 3 rings (SSSR count). The third-order valence-electron chi connectivity index (χ3n) is 4.50. The molecule has 8 heteroatoms. The number of methoxy groups -OCH3 is 1. The first-order chi connectivity index (χ1) is 13.0. The maximum absolute atomic E-state index is 12.0. The number of ether oxygens (including phenoxy) is 5. The van der Waals surface area contributed by atoms with E-state index in [4.69, 9.17) is 23.7 Å². The molecule has 0 radical (unpaired) electrons. The van der Waals surface area contributed by atoms with Crippen molar-refractivity contribution < 1.29 is 33.6 Å². The highest BCUT2D eigenvalue weighted by molar-refractivity contribution is 5.67. The van der Waals surface area contributed by atoms with Crippen LogP contribution in [0.15, 0.2) is 30.3 Å². The lowest BCUT2D eigenvalue weighted by Gasteiger charge is -2.47. The van der Waals surface area contributed by atoms with E-state index in [9.17, 15) is 9.90 Å². The van der Waals surface area contributed by atoms with Gasteiger partial charge in [-0.25, -0.2) is 4.79 Å². The van der Waals surface area contributed by atoms with E-state index in [1.54, 1.807) is 0 Å². The van der Waals surface area contributed by atoms with Crippen LogP contribution in [0.3, 0.4) is 0 Å². The highest BCUT2D eigenvalue weighted by atomic mass is 16.7. The monoisotopic (exact) mass is 381 g/mol. The van der Waals surface area contributed by atoms with E-state index in [1.165, 1.54) is 7.11 Å². The Morgan fingerprint density at radius 2 is 2.04 bits per heavy atom. The summed E-state index contributed by atoms with van der Waals surface area (Å²) in [5.74, 6) is 0.205. The van der Waals surface area contributed by atoms with Crippen molar-refractivity contribution in [3.63, 3.8) is 0 Å². The van der Waals surface area contributed by atoms with E-state index in [0.717, 1.165) is 5.56 Å². The minimum Gasteiger partial charge on any atom is -0.449 e. The number of amides is 1. The second-order valence-electron chi connectivity index (χ2n) is 7.11. The van der Waals surface area contributed by atoms with E-state index in [-0.39, 0.29) is 19.1 Å². The molecule has 150 valence electrons. The number of benzene rings is 1. The molecule has 1 aromatic carbocycles. The largest absolute Gasteiger partial charge is 0.449 e. The number of fused-ring (bicyclic) bond motifs is 1. The van der Waals surface area contributed by atoms with Crippen LogP contribution in [0.25, 0.3) is 0 Å². The zero-order chi connectivity index (χ0) is 19.4. The Bertz CT molecular complexity index is 611. The predicted octanol–water partition coefficient (Wildman–Crippen LogP) is 1.58. The average molecular weight is 381 g/mol. The van der Waals surface area contributed by atoms with E-state index >= 15 is 0 Å². The van der Waals surface area contributed by atoms with Crippen LogP contribution < -0.4 is 5.32 Å². The van der Waals surface area contributed by atoms with Crippen LogP contribution >= 0.6 is 0 Å². The van der Waals surface area contributed by atoms with Gasteiger partial charge in [-0.1, -0.05) is 44.2 Å². The van der Waals surface area contributed by atoms with Gasteiger partial charge in [0.15, 0.2) is 12.6 Å². The summed E-state index contributed by atoms with van der Waals surface area (Å²) in [6.07, 6.45) is -4.31. The SMILES string of the molecule is CO[C@H]1O[C@@H]2COC(c3ccccc3)O[C@H]2[C@H](O)[C@H]1NC(=O)OCC(C)C. The summed E-state index contributed by atoms with van der Waals surface area (Å²) in [7, 11) is 1.45. The summed E-state index contributed by atoms with van der Waals surface area (Å²) >= 11 is 0. The molecule has 2 N–H and O–H groups in total. The van der Waals surface area contributed by atoms with Gasteiger partial charge in [0.25, 0.3) is 0 Å². The van der Waals surface area contributed by atoms with Gasteiger partial charge >= 0.3 is 6.09 Å². The van der Waals surface area contributed by atoms with Crippen molar-refractivity contribution in [2.45, 2.75) is 50.8 Å². The van der Waals surface area contributed by atoms with Crippen molar-refractivity contribution in [2.75, 3.05) is 20.3 Å². The van der Waals surface area contributed by atoms with Crippen molar-refractivity contribution in [3.8, 4) is 0 Å². The van der Waals surface area contributed by atoms with Crippen molar-refractivity contribution in [3.05, 3.63) is 35.9 Å². The molecule has 2 aliphatic rings. The van der Waals surface area contributed by atoms with Crippen molar-refractivity contribution in [1.29, 1.82) is 0 Å². The van der Waals surface area contributed by atoms with E-state index in [1.807, 2.05) is 44.2 Å². The topological polar surface area (TPSA) is 95.5 Å². The Balaban J connectivity index is 1.68. The fraction of sp³-hybridized carbons (Fsp3) is 0.632. The molecule has 1 aromatic rings. The van der Waals surface area contributed by atoms with Gasteiger partial charge in [0.2, 0.25) is 0 Å². The first-order valence-corrected chi connectivity index (χ1v) is 9.11. The summed E-state index contributed by atoms with van der Waals surface area (Å²) in [5.41, 5.74) is 0.845. The molecule has 0 saturated carbocycles. The molecule has 2 heterocycles. The Kier molecular flexibility index (Phi) is 6.67. The molecule has 0 spiro atoms. The number of alkyl carbamates (subject to hydrolysis) is 1. The molecule has 0 aromatic heterocycles. The molecular formula is C19H27NO7. The quantitative estimate of drug-likeness (QED) is 0.799. The second-order valence-corrected chi connectivity index (χ2v) is 7.11. The molecule has 8 nitrogen and oxygen atoms in total. The van der Waals surface area contributed by atoms with Gasteiger partial charge in [-0.15, -0.1) is 0 Å². The number of hydrogen-bond acceptors (Lipinski definition) is 7. The Hall–Kier alpha value is -1.71. The molecule has 27 heavy (non-hydrogen) atoms. The number of aliphatic hydroxyl groups excluding tert-OH is 1. The molecular weight excluding hydrogens is 354 g/mol. The number of nitrogens with one attached hydrogen (secondary N) is 1. The maximum Gasteiger partial charge on any atom is 0.407 e. The van der Waals surface area contributed by atoms with Crippen molar-refractivity contribution >= 4 is 6.09 Å². The fourth-order valence-corrected chi connectivity index (χ4v) is 3.15. The fourth-order valence-electron chi connectivity index (χ4n) is 3.15. The first-order valence-electron chi connectivity index (χ1n) is 9.11. The standard InChI is InChI=1S/C19H27NO7/c1-11(2)9-25-19(22)20-14-15(21)16-13(26-18(14)23-3)10-24-17(27-16)12-7-5-4-6-8-12/h4-8,11,13-18,21H,9-10H2,1-3H3,(H,20,22)/t13-,14-,15-,16-,17?,18+/m1/s1. The highest BCUT2D eigenvalue weighted by Gasteiger charge is 2.50. The zero-order valence-electron chi connectivity index (χ0n) is 15.7. The summed E-state index contributed by atoms with van der Waals surface area (Å²) in [6.45, 7) is 4.40. The smallest absolute Gasteiger partial charge is 0.407 e. The molecule has 2 fully saturated rings. The Morgan fingerprint density at radius 1 is 1.30 bits per heavy atom. The Labute approximate surface area is 158 Å². The maximum atomic E-state index is 12.0. The molecule has 6 atom stereocenters. The van der Waals surface area contributed by atoms with Gasteiger partial charge in [-0.3, -0.25) is 0 Å². The second kappa shape index (κ2) is 8.99. The molecule has 0 aliphatic carbocycles. The summed E-state index contributed by atoms with van der Waals surface area (Å²) in [6, 6.07) is 8.62. The van der Waals surface area contributed by atoms with Crippen LogP contribution in [0.1, 0.15) is 25.7 Å². The predicted molar refractivity (Wildman–Crippen MR) is 94.8 cm³/mol. The number of carbonyl (C=O) groups excluding carboxylic acids is 1. The summed E-state index contributed by atoms with van der Waals surface area (Å²) in [4.78, 5) is 12.0. The van der Waals surface area contributed by atoms with Crippen LogP contribution in [-0.4, -0.2) is 62.2 Å². The van der Waals surface area contributed by atoms with Crippen LogP contribution in [0.4, 0.5) is 4.79 Å².